The molecule has 2 unspecified atom stereocenters. The Kier molecular flexibility index (Phi) is 8.14. The van der Waals surface area contributed by atoms with Crippen molar-refractivity contribution in [1.82, 2.24) is 4.72 Å². The lowest BCUT2D eigenvalue weighted by atomic mass is 9.76. The van der Waals surface area contributed by atoms with Crippen LogP contribution in [0.2, 0.25) is 0 Å². The molecule has 0 heterocycles. The Morgan fingerprint density at radius 1 is 1.06 bits per heavy atom. The molecule has 0 aliphatic heterocycles. The second-order valence-corrected chi connectivity index (χ2v) is 10.8. The van der Waals surface area contributed by atoms with Gasteiger partial charge in [-0.2, -0.15) is 0 Å². The van der Waals surface area contributed by atoms with Crippen molar-refractivity contribution in [2.24, 2.45) is 11.7 Å². The van der Waals surface area contributed by atoms with Gasteiger partial charge in [-0.15, -0.1) is 12.4 Å². The SMILES string of the molecule is Cl.NC1CCc2ccc(CCCNS(=O)(=O)CC3CC3)cc2C1Cc1cccc(F)c1. The number of hydrogen-bond acceptors (Lipinski definition) is 3. The average Bonchev–Trinajstić information content (AvgIpc) is 3.51. The van der Waals surface area contributed by atoms with E-state index in [1.807, 2.05) is 6.07 Å². The number of benzene rings is 2. The van der Waals surface area contributed by atoms with Gasteiger partial charge in [-0.05, 0) is 85.3 Å². The minimum Gasteiger partial charge on any atom is -0.327 e. The maximum atomic E-state index is 13.6. The third kappa shape index (κ3) is 6.75. The molecule has 0 radical (unpaired) electrons. The normalized spacial score (nSPS) is 20.7. The largest absolute Gasteiger partial charge is 0.327 e. The first kappa shape index (κ1) is 24.2. The molecule has 2 aliphatic carbocycles. The zero-order chi connectivity index (χ0) is 21.1. The predicted molar refractivity (Wildman–Crippen MR) is 126 cm³/mol. The molecule has 0 saturated heterocycles. The fourth-order valence-electron chi connectivity index (χ4n) is 4.48. The lowest BCUT2D eigenvalue weighted by Crippen LogP contribution is -2.34. The molecule has 4 nitrogen and oxygen atoms in total. The lowest BCUT2D eigenvalue weighted by molar-refractivity contribution is 0.466. The predicted octanol–water partition coefficient (Wildman–Crippen LogP) is 4.11. The number of nitrogens with two attached hydrogens (primary N) is 1. The average molecular weight is 467 g/mol. The number of halogens is 2. The van der Waals surface area contributed by atoms with Crippen molar-refractivity contribution >= 4 is 22.4 Å². The van der Waals surface area contributed by atoms with Crippen molar-refractivity contribution in [3.63, 3.8) is 0 Å². The van der Waals surface area contributed by atoms with Crippen LogP contribution in [0.25, 0.3) is 0 Å². The van der Waals surface area contributed by atoms with E-state index in [-0.39, 0.29) is 35.9 Å². The van der Waals surface area contributed by atoms with E-state index in [4.69, 9.17) is 5.73 Å². The van der Waals surface area contributed by atoms with E-state index in [1.165, 1.54) is 22.8 Å². The highest BCUT2D eigenvalue weighted by atomic mass is 35.5. The molecule has 1 fully saturated rings. The third-order valence-electron chi connectivity index (χ3n) is 6.33. The highest BCUT2D eigenvalue weighted by molar-refractivity contribution is 7.89. The summed E-state index contributed by atoms with van der Waals surface area (Å²) >= 11 is 0. The molecule has 1 saturated carbocycles. The van der Waals surface area contributed by atoms with Gasteiger partial charge >= 0.3 is 0 Å². The summed E-state index contributed by atoms with van der Waals surface area (Å²) in [5, 5.41) is 0. The molecule has 2 aliphatic rings. The summed E-state index contributed by atoms with van der Waals surface area (Å²) in [6.07, 6.45) is 6.30. The van der Waals surface area contributed by atoms with Gasteiger partial charge in [0.25, 0.3) is 0 Å². The lowest BCUT2D eigenvalue weighted by Gasteiger charge is -2.32. The molecule has 31 heavy (non-hydrogen) atoms. The molecular weight excluding hydrogens is 435 g/mol. The zero-order valence-electron chi connectivity index (χ0n) is 17.7. The van der Waals surface area contributed by atoms with Gasteiger partial charge in [-0.3, -0.25) is 0 Å². The van der Waals surface area contributed by atoms with Crippen molar-refractivity contribution in [3.05, 3.63) is 70.5 Å². The Balaban J connectivity index is 0.00000272. The second-order valence-electron chi connectivity index (χ2n) is 8.90. The van der Waals surface area contributed by atoms with Crippen LogP contribution >= 0.6 is 12.4 Å². The molecule has 0 bridgehead atoms. The second kappa shape index (κ2) is 10.4. The number of aryl methyl sites for hydroxylation is 2. The van der Waals surface area contributed by atoms with Gasteiger partial charge in [0, 0.05) is 18.5 Å². The van der Waals surface area contributed by atoms with Crippen molar-refractivity contribution in [1.29, 1.82) is 0 Å². The summed E-state index contributed by atoms with van der Waals surface area (Å²) in [4.78, 5) is 0. The maximum Gasteiger partial charge on any atom is 0.211 e. The Hall–Kier alpha value is -1.47. The Morgan fingerprint density at radius 3 is 2.61 bits per heavy atom. The van der Waals surface area contributed by atoms with Gasteiger partial charge in [0.1, 0.15) is 5.82 Å². The first-order valence-electron chi connectivity index (χ1n) is 11.0. The van der Waals surface area contributed by atoms with Crippen LogP contribution in [0, 0.1) is 11.7 Å². The topological polar surface area (TPSA) is 72.2 Å². The van der Waals surface area contributed by atoms with Crippen LogP contribution in [-0.2, 0) is 29.3 Å². The number of rotatable bonds is 9. The Morgan fingerprint density at radius 2 is 1.87 bits per heavy atom. The van der Waals surface area contributed by atoms with Crippen molar-refractivity contribution in [2.45, 2.75) is 56.9 Å². The van der Waals surface area contributed by atoms with Gasteiger partial charge in [-0.25, -0.2) is 17.5 Å². The van der Waals surface area contributed by atoms with E-state index in [0.717, 1.165) is 50.5 Å². The minimum atomic E-state index is -3.14. The fraction of sp³-hybridized carbons (Fsp3) is 0.500. The standard InChI is InChI=1S/C24H31FN2O2S.ClH/c25-21-5-1-3-19(13-21)15-23-22-14-17(8-9-20(22)10-11-24(23)26)4-2-12-27-30(28,29)16-18-6-7-18;/h1,3,5,8-9,13-14,18,23-24,27H,2,4,6-7,10-12,15-16,26H2;1H. The molecule has 4 rings (SSSR count). The summed E-state index contributed by atoms with van der Waals surface area (Å²) in [6, 6.07) is 13.4. The molecule has 170 valence electrons. The molecule has 0 spiro atoms. The van der Waals surface area contributed by atoms with E-state index >= 15 is 0 Å². The fourth-order valence-corrected chi connectivity index (χ4v) is 6.01. The third-order valence-corrected chi connectivity index (χ3v) is 7.89. The van der Waals surface area contributed by atoms with Crippen LogP contribution in [0.4, 0.5) is 4.39 Å². The molecular formula is C24H32ClFN2O2S. The Labute approximate surface area is 191 Å². The van der Waals surface area contributed by atoms with E-state index in [2.05, 4.69) is 22.9 Å². The first-order valence-corrected chi connectivity index (χ1v) is 12.6. The van der Waals surface area contributed by atoms with Crippen LogP contribution in [0.1, 0.15) is 53.9 Å². The number of fused-ring (bicyclic) bond motifs is 1. The van der Waals surface area contributed by atoms with Gasteiger partial charge in [0.05, 0.1) is 5.75 Å². The van der Waals surface area contributed by atoms with Gasteiger partial charge in [0.15, 0.2) is 0 Å². The highest BCUT2D eigenvalue weighted by Crippen LogP contribution is 2.34. The molecule has 2 aromatic rings. The zero-order valence-corrected chi connectivity index (χ0v) is 19.4. The molecule has 2 aromatic carbocycles. The van der Waals surface area contributed by atoms with Gasteiger partial charge in [-0.1, -0.05) is 30.3 Å². The van der Waals surface area contributed by atoms with Crippen LogP contribution in [0.5, 0.6) is 0 Å². The summed E-state index contributed by atoms with van der Waals surface area (Å²) in [6.45, 7) is 0.471. The van der Waals surface area contributed by atoms with Crippen molar-refractivity contribution < 1.29 is 12.8 Å². The monoisotopic (exact) mass is 466 g/mol. The van der Waals surface area contributed by atoms with E-state index in [1.54, 1.807) is 12.1 Å². The molecule has 3 N–H and O–H groups in total. The molecule has 0 aromatic heterocycles. The van der Waals surface area contributed by atoms with Crippen molar-refractivity contribution in [2.75, 3.05) is 12.3 Å². The van der Waals surface area contributed by atoms with Crippen LogP contribution in [0.3, 0.4) is 0 Å². The quantitative estimate of drug-likeness (QED) is 0.546. The van der Waals surface area contributed by atoms with E-state index in [9.17, 15) is 12.8 Å². The van der Waals surface area contributed by atoms with Crippen LogP contribution in [-0.4, -0.2) is 26.8 Å². The summed E-state index contributed by atoms with van der Waals surface area (Å²) in [5.74, 6) is 0.593. The summed E-state index contributed by atoms with van der Waals surface area (Å²) < 4.78 is 40.4. The number of nitrogens with one attached hydrogen (secondary N) is 1. The van der Waals surface area contributed by atoms with E-state index < -0.39 is 10.0 Å². The molecule has 2 atom stereocenters. The Bertz CT molecular complexity index is 995. The summed E-state index contributed by atoms with van der Waals surface area (Å²) in [7, 11) is -3.14. The minimum absolute atomic E-state index is 0. The molecule has 7 heteroatoms. The number of sulfonamides is 1. The highest BCUT2D eigenvalue weighted by Gasteiger charge is 2.28. The van der Waals surface area contributed by atoms with E-state index in [0.29, 0.717) is 12.5 Å². The smallest absolute Gasteiger partial charge is 0.211 e. The maximum absolute atomic E-state index is 13.6. The van der Waals surface area contributed by atoms with Gasteiger partial charge < -0.3 is 5.73 Å². The first-order chi connectivity index (χ1) is 14.4. The van der Waals surface area contributed by atoms with Crippen LogP contribution < -0.4 is 10.5 Å². The number of hydrogen-bond donors (Lipinski definition) is 2. The molecule has 0 amide bonds. The van der Waals surface area contributed by atoms with Crippen molar-refractivity contribution in [3.8, 4) is 0 Å². The van der Waals surface area contributed by atoms with Gasteiger partial charge in [0.2, 0.25) is 10.0 Å². The summed E-state index contributed by atoms with van der Waals surface area (Å²) in [5.41, 5.74) is 11.2. The van der Waals surface area contributed by atoms with Crippen LogP contribution in [0.15, 0.2) is 42.5 Å².